The normalized spacial score (nSPS) is 10.8. The van der Waals surface area contributed by atoms with Gasteiger partial charge < -0.3 is 4.40 Å². The van der Waals surface area contributed by atoms with E-state index in [4.69, 9.17) is 0 Å². The molecule has 0 N–H and O–H groups in total. The topological polar surface area (TPSA) is 21.5 Å². The van der Waals surface area contributed by atoms with Crippen molar-refractivity contribution in [1.82, 2.24) is 4.40 Å². The molecule has 2 aromatic rings. The third kappa shape index (κ3) is 2.32. The van der Waals surface area contributed by atoms with E-state index in [1.165, 1.54) is 12.8 Å². The molecule has 0 aliphatic carbocycles. The molecule has 2 heterocycles. The number of pyridine rings is 2. The average Bonchev–Trinajstić information content (AvgIpc) is 2.29. The van der Waals surface area contributed by atoms with Gasteiger partial charge in [0.1, 0.15) is 0 Å². The van der Waals surface area contributed by atoms with Crippen LogP contribution in [0.25, 0.3) is 5.52 Å². The zero-order valence-electron chi connectivity index (χ0n) is 9.65. The van der Waals surface area contributed by atoms with Crippen molar-refractivity contribution in [3.63, 3.8) is 0 Å². The highest BCUT2D eigenvalue weighted by atomic mass is 16.1. The minimum atomic E-state index is 0.109. The Kier molecular flexibility index (Phi) is 3.40. The molecule has 0 radical (unpaired) electrons. The number of fused-ring (bicyclic) bond motifs is 1. The van der Waals surface area contributed by atoms with E-state index in [0.29, 0.717) is 0 Å². The summed E-state index contributed by atoms with van der Waals surface area (Å²) >= 11 is 0. The third-order valence-electron chi connectivity index (χ3n) is 2.84. The predicted octanol–water partition coefficient (Wildman–Crippen LogP) is 3.03. The van der Waals surface area contributed by atoms with Gasteiger partial charge in [0.15, 0.2) is 5.43 Å². The molecule has 84 valence electrons. The Labute approximate surface area is 95.5 Å². The Bertz CT molecular complexity index is 527. The second kappa shape index (κ2) is 4.97. The first-order chi connectivity index (χ1) is 7.81. The van der Waals surface area contributed by atoms with Gasteiger partial charge in [-0.25, -0.2) is 0 Å². The van der Waals surface area contributed by atoms with Gasteiger partial charge in [-0.3, -0.25) is 4.79 Å². The molecule has 2 nitrogen and oxygen atoms in total. The molecule has 0 spiro atoms. The molecular weight excluding hydrogens is 198 g/mol. The molecule has 2 rings (SSSR count). The summed E-state index contributed by atoms with van der Waals surface area (Å²) in [6, 6.07) is 9.38. The molecule has 0 saturated heterocycles. The summed E-state index contributed by atoms with van der Waals surface area (Å²) in [5, 5.41) is 0. The number of nitrogens with zero attached hydrogens (tertiary/aromatic N) is 1. The standard InChI is InChI=1S/C14H17NO/c1-2-3-4-7-12-10-14(16)11-13-8-5-6-9-15(12)13/h5-6,8-11H,2-4,7H2,1H3. The van der Waals surface area contributed by atoms with Crippen LogP contribution in [-0.2, 0) is 6.42 Å². The van der Waals surface area contributed by atoms with E-state index < -0.39 is 0 Å². The molecule has 0 aliphatic rings. The summed E-state index contributed by atoms with van der Waals surface area (Å²) < 4.78 is 2.11. The average molecular weight is 215 g/mol. The van der Waals surface area contributed by atoms with Crippen molar-refractivity contribution in [2.24, 2.45) is 0 Å². The second-order valence-corrected chi connectivity index (χ2v) is 4.13. The van der Waals surface area contributed by atoms with Crippen molar-refractivity contribution in [3.8, 4) is 0 Å². The van der Waals surface area contributed by atoms with E-state index in [-0.39, 0.29) is 5.43 Å². The Hall–Kier alpha value is -1.57. The fourth-order valence-electron chi connectivity index (χ4n) is 2.01. The lowest BCUT2D eigenvalue weighted by Gasteiger charge is -2.08. The lowest BCUT2D eigenvalue weighted by atomic mass is 10.1. The first-order valence-corrected chi connectivity index (χ1v) is 5.91. The van der Waals surface area contributed by atoms with Gasteiger partial charge in [0.25, 0.3) is 0 Å². The fourth-order valence-corrected chi connectivity index (χ4v) is 2.01. The molecule has 0 aliphatic heterocycles. The van der Waals surface area contributed by atoms with Crippen LogP contribution in [0.1, 0.15) is 31.9 Å². The maximum atomic E-state index is 11.5. The van der Waals surface area contributed by atoms with Gasteiger partial charge in [-0.2, -0.15) is 0 Å². The quantitative estimate of drug-likeness (QED) is 0.718. The largest absolute Gasteiger partial charge is 0.321 e. The molecule has 0 atom stereocenters. The Balaban J connectivity index is 2.38. The Morgan fingerprint density at radius 2 is 2.06 bits per heavy atom. The SMILES string of the molecule is CCCCCc1cc(=O)cc2ccccn12. The summed E-state index contributed by atoms with van der Waals surface area (Å²) in [6.07, 6.45) is 6.58. The van der Waals surface area contributed by atoms with Gasteiger partial charge >= 0.3 is 0 Å². The number of unbranched alkanes of at least 4 members (excludes halogenated alkanes) is 2. The summed E-state index contributed by atoms with van der Waals surface area (Å²) in [5.41, 5.74) is 2.22. The van der Waals surface area contributed by atoms with Crippen molar-refractivity contribution < 1.29 is 0 Å². The predicted molar refractivity (Wildman–Crippen MR) is 66.9 cm³/mol. The lowest BCUT2D eigenvalue weighted by Crippen LogP contribution is -2.07. The van der Waals surface area contributed by atoms with Gasteiger partial charge in [0, 0.05) is 29.5 Å². The number of aryl methyl sites for hydroxylation is 1. The molecule has 16 heavy (non-hydrogen) atoms. The van der Waals surface area contributed by atoms with Crippen LogP contribution in [0.4, 0.5) is 0 Å². The molecule has 0 saturated carbocycles. The van der Waals surface area contributed by atoms with Crippen LogP contribution in [0.3, 0.4) is 0 Å². The van der Waals surface area contributed by atoms with E-state index in [9.17, 15) is 4.79 Å². The minimum absolute atomic E-state index is 0.109. The van der Waals surface area contributed by atoms with E-state index in [1.807, 2.05) is 24.4 Å². The lowest BCUT2D eigenvalue weighted by molar-refractivity contribution is 0.701. The van der Waals surface area contributed by atoms with E-state index >= 15 is 0 Å². The van der Waals surface area contributed by atoms with Gasteiger partial charge in [-0.1, -0.05) is 25.8 Å². The first-order valence-electron chi connectivity index (χ1n) is 5.91. The van der Waals surface area contributed by atoms with E-state index in [1.54, 1.807) is 12.1 Å². The molecule has 0 fully saturated rings. The Morgan fingerprint density at radius 1 is 1.19 bits per heavy atom. The second-order valence-electron chi connectivity index (χ2n) is 4.13. The highest BCUT2D eigenvalue weighted by Crippen LogP contribution is 2.08. The van der Waals surface area contributed by atoms with Gasteiger partial charge in [0.2, 0.25) is 0 Å². The molecule has 2 aromatic heterocycles. The van der Waals surface area contributed by atoms with Crippen molar-refractivity contribution in [2.45, 2.75) is 32.6 Å². The van der Waals surface area contributed by atoms with Crippen LogP contribution in [-0.4, -0.2) is 4.40 Å². The van der Waals surface area contributed by atoms with Crippen molar-refractivity contribution in [1.29, 1.82) is 0 Å². The fraction of sp³-hybridized carbons (Fsp3) is 0.357. The van der Waals surface area contributed by atoms with E-state index in [0.717, 1.165) is 24.1 Å². The van der Waals surface area contributed by atoms with Crippen LogP contribution < -0.4 is 5.43 Å². The summed E-state index contributed by atoms with van der Waals surface area (Å²) in [7, 11) is 0. The highest BCUT2D eigenvalue weighted by Gasteiger charge is 2.00. The van der Waals surface area contributed by atoms with Crippen LogP contribution in [0, 0.1) is 0 Å². The molecular formula is C14H17NO. The zero-order chi connectivity index (χ0) is 11.4. The summed E-state index contributed by atoms with van der Waals surface area (Å²) in [5.74, 6) is 0. The molecule has 0 bridgehead atoms. The van der Waals surface area contributed by atoms with Crippen molar-refractivity contribution >= 4 is 5.52 Å². The maximum Gasteiger partial charge on any atom is 0.182 e. The smallest absolute Gasteiger partial charge is 0.182 e. The third-order valence-corrected chi connectivity index (χ3v) is 2.84. The molecule has 0 unspecified atom stereocenters. The molecule has 0 aromatic carbocycles. The number of aromatic nitrogens is 1. The minimum Gasteiger partial charge on any atom is -0.321 e. The van der Waals surface area contributed by atoms with Crippen LogP contribution in [0.5, 0.6) is 0 Å². The first kappa shape index (κ1) is 10.9. The van der Waals surface area contributed by atoms with Crippen molar-refractivity contribution in [3.05, 3.63) is 52.4 Å². The van der Waals surface area contributed by atoms with Gasteiger partial charge in [-0.15, -0.1) is 0 Å². The zero-order valence-corrected chi connectivity index (χ0v) is 9.65. The van der Waals surface area contributed by atoms with Gasteiger partial charge in [0.05, 0.1) is 0 Å². The van der Waals surface area contributed by atoms with Crippen molar-refractivity contribution in [2.75, 3.05) is 0 Å². The van der Waals surface area contributed by atoms with Crippen LogP contribution >= 0.6 is 0 Å². The number of hydrogen-bond acceptors (Lipinski definition) is 1. The van der Waals surface area contributed by atoms with Crippen LogP contribution in [0.2, 0.25) is 0 Å². The molecule has 2 heteroatoms. The molecule has 0 amide bonds. The maximum absolute atomic E-state index is 11.5. The number of hydrogen-bond donors (Lipinski definition) is 0. The Morgan fingerprint density at radius 3 is 2.88 bits per heavy atom. The van der Waals surface area contributed by atoms with Crippen LogP contribution in [0.15, 0.2) is 41.3 Å². The highest BCUT2D eigenvalue weighted by molar-refractivity contribution is 5.47. The summed E-state index contributed by atoms with van der Waals surface area (Å²) in [6.45, 7) is 2.19. The monoisotopic (exact) mass is 215 g/mol. The summed E-state index contributed by atoms with van der Waals surface area (Å²) in [4.78, 5) is 11.5. The van der Waals surface area contributed by atoms with E-state index in [2.05, 4.69) is 11.3 Å². The van der Waals surface area contributed by atoms with Gasteiger partial charge in [-0.05, 0) is 25.0 Å². The number of rotatable bonds is 4.